The molecule has 2 saturated carbocycles. The number of aliphatic hydroxyl groups excluding tert-OH is 1. The zero-order valence-corrected chi connectivity index (χ0v) is 20.7. The van der Waals surface area contributed by atoms with Crippen molar-refractivity contribution in [3.8, 4) is 0 Å². The number of carbonyl (C=O) groups is 2. The molecule has 0 aromatic heterocycles. The van der Waals surface area contributed by atoms with Gasteiger partial charge in [-0.05, 0) is 106 Å². The van der Waals surface area contributed by atoms with E-state index in [9.17, 15) is 14.7 Å². The maximum Gasteiger partial charge on any atom is 0.333 e. The summed E-state index contributed by atoms with van der Waals surface area (Å²) >= 11 is 0. The van der Waals surface area contributed by atoms with Gasteiger partial charge in [-0.1, -0.05) is 19.9 Å². The van der Waals surface area contributed by atoms with E-state index >= 15 is 0 Å². The van der Waals surface area contributed by atoms with Crippen molar-refractivity contribution in [1.29, 1.82) is 0 Å². The van der Waals surface area contributed by atoms with Crippen LogP contribution in [0.3, 0.4) is 0 Å². The monoisotopic (exact) mass is 443 g/mol. The zero-order valence-electron chi connectivity index (χ0n) is 20.7. The van der Waals surface area contributed by atoms with E-state index in [2.05, 4.69) is 31.3 Å². The first-order valence-electron chi connectivity index (χ1n) is 12.4. The summed E-state index contributed by atoms with van der Waals surface area (Å²) in [5, 5.41) is 13.2. The van der Waals surface area contributed by atoms with Crippen molar-refractivity contribution < 1.29 is 19.4 Å². The predicted molar refractivity (Wildman–Crippen MR) is 125 cm³/mol. The molecule has 0 heterocycles. The van der Waals surface area contributed by atoms with Crippen molar-refractivity contribution in [3.63, 3.8) is 0 Å². The topological polar surface area (TPSA) is 75.6 Å². The molecule has 5 nitrogen and oxygen atoms in total. The number of hydrogen-bond acceptors (Lipinski definition) is 4. The number of fused-ring (bicyclic) bond motifs is 5. The minimum Gasteiger partial charge on any atom is -0.466 e. The molecule has 7 atom stereocenters. The van der Waals surface area contributed by atoms with Gasteiger partial charge in [0.1, 0.15) is 0 Å². The van der Waals surface area contributed by atoms with Gasteiger partial charge in [-0.15, -0.1) is 0 Å². The van der Waals surface area contributed by atoms with Crippen LogP contribution in [-0.2, 0) is 14.3 Å². The van der Waals surface area contributed by atoms with Crippen LogP contribution in [-0.4, -0.2) is 35.7 Å². The first kappa shape index (κ1) is 23.5. The lowest BCUT2D eigenvalue weighted by Crippen LogP contribution is -2.56. The molecule has 178 valence electrons. The van der Waals surface area contributed by atoms with E-state index in [0.29, 0.717) is 17.8 Å². The molecule has 0 radical (unpaired) electrons. The standard InChI is InChI=1S/C27H41NO4/c1-16(29)25(2,3)28-23(30)22-10-9-20-19-8-7-18-15-17(24(31)32-6)11-13-26(18,4)21(19)12-14-27(20,22)5/h7,15-16,19-22,29H,8-14H2,1-6H3,(H,28,30)/t16?,19-,20-,21-,22+,26-,27-/m0/s1. The van der Waals surface area contributed by atoms with Gasteiger partial charge >= 0.3 is 5.97 Å². The molecule has 4 rings (SSSR count). The molecule has 0 aromatic rings. The largest absolute Gasteiger partial charge is 0.466 e. The van der Waals surface area contributed by atoms with E-state index in [1.54, 1.807) is 6.92 Å². The average Bonchev–Trinajstić information content (AvgIpc) is 3.09. The Hall–Kier alpha value is -1.62. The first-order valence-corrected chi connectivity index (χ1v) is 12.4. The Balaban J connectivity index is 1.57. The number of amides is 1. The van der Waals surface area contributed by atoms with Crippen LogP contribution in [0.15, 0.2) is 23.3 Å². The highest BCUT2D eigenvalue weighted by Gasteiger charge is 2.59. The quantitative estimate of drug-likeness (QED) is 0.625. The molecule has 1 amide bonds. The summed E-state index contributed by atoms with van der Waals surface area (Å²) in [4.78, 5) is 25.4. The van der Waals surface area contributed by atoms with Crippen LogP contribution >= 0.6 is 0 Å². The summed E-state index contributed by atoms with van der Waals surface area (Å²) in [5.74, 6) is 1.68. The van der Waals surface area contributed by atoms with Crippen LogP contribution in [0.1, 0.15) is 79.6 Å². The number of hydrogen-bond donors (Lipinski definition) is 2. The number of esters is 1. The van der Waals surface area contributed by atoms with Gasteiger partial charge in [0, 0.05) is 11.5 Å². The van der Waals surface area contributed by atoms with Crippen molar-refractivity contribution >= 4 is 11.9 Å². The smallest absolute Gasteiger partial charge is 0.333 e. The number of carbonyl (C=O) groups excluding carboxylic acids is 2. The van der Waals surface area contributed by atoms with Crippen molar-refractivity contribution in [3.05, 3.63) is 23.3 Å². The number of allylic oxidation sites excluding steroid dienone is 3. The fraction of sp³-hybridized carbons (Fsp3) is 0.778. The molecule has 4 aliphatic rings. The summed E-state index contributed by atoms with van der Waals surface area (Å²) in [5.41, 5.74) is 1.62. The molecule has 2 N–H and O–H groups in total. The summed E-state index contributed by atoms with van der Waals surface area (Å²) in [7, 11) is 1.46. The molecule has 1 unspecified atom stereocenters. The second-order valence-corrected chi connectivity index (χ2v) is 11.9. The third kappa shape index (κ3) is 3.55. The van der Waals surface area contributed by atoms with Crippen LogP contribution in [0.2, 0.25) is 0 Å². The van der Waals surface area contributed by atoms with Gasteiger partial charge in [0.05, 0.1) is 18.8 Å². The zero-order chi connectivity index (χ0) is 23.5. The van der Waals surface area contributed by atoms with Crippen LogP contribution < -0.4 is 5.32 Å². The van der Waals surface area contributed by atoms with E-state index in [1.807, 2.05) is 13.8 Å². The third-order valence-electron chi connectivity index (χ3n) is 10.0. The lowest BCUT2D eigenvalue weighted by molar-refractivity contribution is -0.136. The number of aliphatic hydroxyl groups is 1. The minimum atomic E-state index is -0.621. The highest BCUT2D eigenvalue weighted by atomic mass is 16.5. The highest BCUT2D eigenvalue weighted by Crippen LogP contribution is 2.66. The van der Waals surface area contributed by atoms with E-state index in [1.165, 1.54) is 12.7 Å². The van der Waals surface area contributed by atoms with Crippen LogP contribution in [0, 0.1) is 34.5 Å². The molecule has 32 heavy (non-hydrogen) atoms. The van der Waals surface area contributed by atoms with Crippen molar-refractivity contribution in [2.75, 3.05) is 7.11 Å². The second kappa shape index (κ2) is 8.00. The molecule has 4 aliphatic carbocycles. The molecule has 0 saturated heterocycles. The van der Waals surface area contributed by atoms with Crippen molar-refractivity contribution in [2.24, 2.45) is 34.5 Å². The van der Waals surface area contributed by atoms with E-state index in [-0.39, 0.29) is 28.6 Å². The van der Waals surface area contributed by atoms with Crippen molar-refractivity contribution in [1.82, 2.24) is 5.32 Å². The predicted octanol–water partition coefficient (Wildman–Crippen LogP) is 4.55. The Morgan fingerprint density at radius 1 is 1.19 bits per heavy atom. The molecule has 0 aromatic carbocycles. The third-order valence-corrected chi connectivity index (χ3v) is 10.0. The lowest BCUT2D eigenvalue weighted by atomic mass is 9.48. The Kier molecular flexibility index (Phi) is 5.89. The van der Waals surface area contributed by atoms with Crippen LogP contribution in [0.4, 0.5) is 0 Å². The van der Waals surface area contributed by atoms with Gasteiger partial charge in [-0.2, -0.15) is 0 Å². The molecule has 0 bridgehead atoms. The Morgan fingerprint density at radius 2 is 1.91 bits per heavy atom. The first-order chi connectivity index (χ1) is 14.9. The summed E-state index contributed by atoms with van der Waals surface area (Å²) in [6.07, 6.45) is 10.9. The SMILES string of the molecule is COC(=O)C1=CC2=CC[C@H]3[C@@H]4CC[C@H](C(=O)NC(C)(C)C(C)O)[C@@]4(C)CC[C@@H]3[C@@]2(C)CC1. The van der Waals surface area contributed by atoms with Gasteiger partial charge in [0.2, 0.25) is 5.91 Å². The molecule has 2 fully saturated rings. The Morgan fingerprint density at radius 3 is 2.56 bits per heavy atom. The fourth-order valence-electron chi connectivity index (χ4n) is 7.56. The lowest BCUT2D eigenvalue weighted by Gasteiger charge is -2.57. The Labute approximate surface area is 193 Å². The average molecular weight is 444 g/mol. The number of rotatable bonds is 4. The maximum atomic E-state index is 13.3. The summed E-state index contributed by atoms with van der Waals surface area (Å²) in [6, 6.07) is 0. The van der Waals surface area contributed by atoms with Gasteiger partial charge in [-0.3, -0.25) is 4.79 Å². The van der Waals surface area contributed by atoms with E-state index in [0.717, 1.165) is 50.5 Å². The number of methoxy groups -OCH3 is 1. The molecule has 0 spiro atoms. The molecular formula is C27H41NO4. The van der Waals surface area contributed by atoms with Gasteiger partial charge in [0.15, 0.2) is 0 Å². The normalized spacial score (nSPS) is 39.6. The van der Waals surface area contributed by atoms with Gasteiger partial charge < -0.3 is 15.2 Å². The number of ether oxygens (including phenoxy) is 1. The minimum absolute atomic E-state index is 0.0156. The van der Waals surface area contributed by atoms with E-state index in [4.69, 9.17) is 4.74 Å². The number of nitrogens with one attached hydrogen (secondary N) is 1. The molecular weight excluding hydrogens is 402 g/mol. The Bertz CT molecular complexity index is 856. The second-order valence-electron chi connectivity index (χ2n) is 11.9. The van der Waals surface area contributed by atoms with Crippen molar-refractivity contribution in [2.45, 2.75) is 91.2 Å². The molecule has 0 aliphatic heterocycles. The maximum absolute atomic E-state index is 13.3. The fourth-order valence-corrected chi connectivity index (χ4v) is 7.56. The summed E-state index contributed by atoms with van der Waals surface area (Å²) in [6.45, 7) is 10.3. The highest BCUT2D eigenvalue weighted by molar-refractivity contribution is 5.89. The van der Waals surface area contributed by atoms with E-state index < -0.39 is 11.6 Å². The van der Waals surface area contributed by atoms with Gasteiger partial charge in [-0.25, -0.2) is 4.79 Å². The molecule has 5 heteroatoms. The van der Waals surface area contributed by atoms with Crippen LogP contribution in [0.25, 0.3) is 0 Å². The van der Waals surface area contributed by atoms with Gasteiger partial charge in [0.25, 0.3) is 0 Å². The van der Waals surface area contributed by atoms with Crippen LogP contribution in [0.5, 0.6) is 0 Å². The summed E-state index contributed by atoms with van der Waals surface area (Å²) < 4.78 is 4.97.